The van der Waals surface area contributed by atoms with Crippen molar-refractivity contribution in [1.82, 2.24) is 4.90 Å². The van der Waals surface area contributed by atoms with Crippen LogP contribution in [0.4, 0.5) is 10.5 Å². The lowest BCUT2D eigenvalue weighted by Crippen LogP contribution is -2.39. The summed E-state index contributed by atoms with van der Waals surface area (Å²) in [7, 11) is 0. The number of benzene rings is 2. The molecule has 1 aliphatic heterocycles. The van der Waals surface area contributed by atoms with Crippen molar-refractivity contribution >= 4 is 28.6 Å². The van der Waals surface area contributed by atoms with Gasteiger partial charge in [0.25, 0.3) is 0 Å². The van der Waals surface area contributed by atoms with E-state index >= 15 is 0 Å². The average molecular weight is 339 g/mol. The van der Waals surface area contributed by atoms with Crippen molar-refractivity contribution < 1.29 is 4.79 Å². The zero-order valence-electron chi connectivity index (χ0n) is 13.7. The maximum absolute atomic E-state index is 12.7. The fraction of sp³-hybridized carbons (Fsp3) is 0.263. The molecule has 2 aromatic carbocycles. The predicted octanol–water partition coefficient (Wildman–Crippen LogP) is 4.25. The number of nitrogens with one attached hydrogen (secondary N) is 1. The zero-order valence-corrected chi connectivity index (χ0v) is 14.5. The van der Waals surface area contributed by atoms with Crippen molar-refractivity contribution in [2.45, 2.75) is 18.6 Å². The number of carbonyl (C=O) groups is 1. The van der Waals surface area contributed by atoms with Gasteiger partial charge in [-0.2, -0.15) is 0 Å². The number of rotatable bonds is 4. The Bertz CT molecular complexity index is 703. The number of carbonyl (C=O) groups excluding carboxylic acids is 1. The molecule has 1 heterocycles. The molecule has 2 amide bonds. The van der Waals surface area contributed by atoms with E-state index < -0.39 is 0 Å². The van der Waals surface area contributed by atoms with E-state index in [1.54, 1.807) is 16.7 Å². The van der Waals surface area contributed by atoms with Gasteiger partial charge < -0.3 is 5.32 Å². The van der Waals surface area contributed by atoms with E-state index in [1.165, 1.54) is 5.56 Å². The molecule has 1 atom stereocenters. The van der Waals surface area contributed by atoms with Gasteiger partial charge in [0.05, 0.1) is 6.54 Å². The Morgan fingerprint density at radius 1 is 1.17 bits per heavy atom. The highest BCUT2D eigenvalue weighted by atomic mass is 32.2. The minimum Gasteiger partial charge on any atom is -0.307 e. The van der Waals surface area contributed by atoms with Gasteiger partial charge in [0, 0.05) is 17.5 Å². The number of amides is 2. The number of amidine groups is 1. The number of urea groups is 1. The third-order valence-electron chi connectivity index (χ3n) is 3.76. The first kappa shape index (κ1) is 16.6. The summed E-state index contributed by atoms with van der Waals surface area (Å²) in [6.07, 6.45) is 0.803. The van der Waals surface area contributed by atoms with Crippen molar-refractivity contribution in [2.75, 3.05) is 18.4 Å². The van der Waals surface area contributed by atoms with E-state index in [0.29, 0.717) is 11.8 Å². The molecular weight excluding hydrogens is 318 g/mol. The lowest BCUT2D eigenvalue weighted by Gasteiger charge is -2.22. The smallest absolute Gasteiger partial charge is 0.307 e. The summed E-state index contributed by atoms with van der Waals surface area (Å²) in [5, 5.41) is 4.19. The lowest BCUT2D eigenvalue weighted by atomic mass is 10.1. The molecule has 0 bridgehead atoms. The van der Waals surface area contributed by atoms with Crippen molar-refractivity contribution in [2.24, 2.45) is 4.99 Å². The standard InChI is InChI=1S/C19H21N3OS/c1-15-14-20-19(24-15)22(13-12-16-8-4-2-5-9-16)18(23)21-17-10-6-3-7-11-17/h2-11,15H,12-14H2,1H3,(H,21,23)/t15-/m0/s1. The van der Waals surface area contributed by atoms with Crippen LogP contribution in [0.2, 0.25) is 0 Å². The second kappa shape index (κ2) is 8.02. The molecule has 0 fully saturated rings. The van der Waals surface area contributed by atoms with Crippen LogP contribution in [0.25, 0.3) is 0 Å². The van der Waals surface area contributed by atoms with Gasteiger partial charge in [-0.05, 0) is 24.1 Å². The van der Waals surface area contributed by atoms with Gasteiger partial charge >= 0.3 is 6.03 Å². The van der Waals surface area contributed by atoms with Crippen LogP contribution in [0.3, 0.4) is 0 Å². The Morgan fingerprint density at radius 2 is 1.83 bits per heavy atom. The highest BCUT2D eigenvalue weighted by molar-refractivity contribution is 8.14. The first-order valence-corrected chi connectivity index (χ1v) is 8.99. The number of thioether (sulfide) groups is 1. The largest absolute Gasteiger partial charge is 0.327 e. The second-order valence-corrected chi connectivity index (χ2v) is 7.14. The first-order valence-electron chi connectivity index (χ1n) is 8.11. The van der Waals surface area contributed by atoms with E-state index in [1.807, 2.05) is 48.5 Å². The van der Waals surface area contributed by atoms with Crippen molar-refractivity contribution in [1.29, 1.82) is 0 Å². The SMILES string of the molecule is C[C@H]1CN=C(N(CCc2ccccc2)C(=O)Nc2ccccc2)S1. The van der Waals surface area contributed by atoms with Gasteiger partial charge in [0.2, 0.25) is 0 Å². The molecule has 0 aliphatic carbocycles. The van der Waals surface area contributed by atoms with E-state index in [0.717, 1.165) is 23.8 Å². The van der Waals surface area contributed by atoms with Gasteiger partial charge in [-0.1, -0.05) is 67.2 Å². The zero-order chi connectivity index (χ0) is 16.8. The third-order valence-corrected chi connectivity index (χ3v) is 4.87. The number of nitrogens with zero attached hydrogens (tertiary/aromatic N) is 2. The quantitative estimate of drug-likeness (QED) is 0.905. The number of aliphatic imine (C=N–C) groups is 1. The molecule has 0 spiro atoms. The van der Waals surface area contributed by atoms with Gasteiger partial charge in [0.1, 0.15) is 0 Å². The van der Waals surface area contributed by atoms with Crippen molar-refractivity contribution in [3.05, 3.63) is 66.2 Å². The van der Waals surface area contributed by atoms with E-state index in [-0.39, 0.29) is 6.03 Å². The highest BCUT2D eigenvalue weighted by Crippen LogP contribution is 2.24. The van der Waals surface area contributed by atoms with Crippen molar-refractivity contribution in [3.8, 4) is 0 Å². The van der Waals surface area contributed by atoms with E-state index in [9.17, 15) is 4.79 Å². The summed E-state index contributed by atoms with van der Waals surface area (Å²) in [6.45, 7) is 3.51. The van der Waals surface area contributed by atoms with E-state index in [2.05, 4.69) is 29.4 Å². The van der Waals surface area contributed by atoms with Crippen LogP contribution in [-0.2, 0) is 6.42 Å². The molecule has 0 unspecified atom stereocenters. The van der Waals surface area contributed by atoms with Crippen LogP contribution in [0, 0.1) is 0 Å². The molecule has 2 aromatic rings. The Hall–Kier alpha value is -2.27. The summed E-state index contributed by atoms with van der Waals surface area (Å²) in [5.74, 6) is 0. The number of anilines is 1. The molecule has 124 valence electrons. The Morgan fingerprint density at radius 3 is 2.46 bits per heavy atom. The molecular formula is C19H21N3OS. The number of hydrogen-bond acceptors (Lipinski definition) is 3. The van der Waals surface area contributed by atoms with Crippen molar-refractivity contribution in [3.63, 3.8) is 0 Å². The molecule has 0 saturated carbocycles. The van der Waals surface area contributed by atoms with Crippen LogP contribution in [0.15, 0.2) is 65.7 Å². The number of hydrogen-bond donors (Lipinski definition) is 1. The fourth-order valence-corrected chi connectivity index (χ4v) is 3.45. The molecule has 1 N–H and O–H groups in total. The van der Waals surface area contributed by atoms with Gasteiger partial charge in [-0.15, -0.1) is 0 Å². The summed E-state index contributed by atoms with van der Waals surface area (Å²) in [6, 6.07) is 19.6. The normalized spacial score (nSPS) is 16.5. The molecule has 0 radical (unpaired) electrons. The highest BCUT2D eigenvalue weighted by Gasteiger charge is 2.25. The maximum atomic E-state index is 12.7. The summed E-state index contributed by atoms with van der Waals surface area (Å²) < 4.78 is 0. The maximum Gasteiger partial charge on any atom is 0.327 e. The molecule has 3 rings (SSSR count). The molecule has 24 heavy (non-hydrogen) atoms. The van der Waals surface area contributed by atoms with Crippen LogP contribution >= 0.6 is 11.8 Å². The third kappa shape index (κ3) is 4.38. The number of para-hydroxylation sites is 1. The Kier molecular flexibility index (Phi) is 5.54. The average Bonchev–Trinajstić information content (AvgIpc) is 3.03. The van der Waals surface area contributed by atoms with Crippen LogP contribution in [0.5, 0.6) is 0 Å². The summed E-state index contributed by atoms with van der Waals surface area (Å²) in [4.78, 5) is 19.0. The molecule has 4 nitrogen and oxygen atoms in total. The van der Waals surface area contributed by atoms with E-state index in [4.69, 9.17) is 0 Å². The van der Waals surface area contributed by atoms with Gasteiger partial charge in [-0.25, -0.2) is 4.79 Å². The summed E-state index contributed by atoms with van der Waals surface area (Å²) >= 11 is 1.66. The molecule has 1 aliphatic rings. The lowest BCUT2D eigenvalue weighted by molar-refractivity contribution is 0.234. The fourth-order valence-electron chi connectivity index (χ4n) is 2.49. The topological polar surface area (TPSA) is 44.7 Å². The predicted molar refractivity (Wildman–Crippen MR) is 102 cm³/mol. The van der Waals surface area contributed by atoms with Crippen LogP contribution in [0.1, 0.15) is 12.5 Å². The van der Waals surface area contributed by atoms with Crippen LogP contribution < -0.4 is 5.32 Å². The summed E-state index contributed by atoms with van der Waals surface area (Å²) in [5.41, 5.74) is 2.01. The Balaban J connectivity index is 1.70. The minimum atomic E-state index is -0.127. The van der Waals surface area contributed by atoms with Gasteiger partial charge in [0.15, 0.2) is 5.17 Å². The molecule has 0 aromatic heterocycles. The van der Waals surface area contributed by atoms with Gasteiger partial charge in [-0.3, -0.25) is 9.89 Å². The van der Waals surface area contributed by atoms with Crippen LogP contribution in [-0.4, -0.2) is 34.4 Å². The Labute approximate surface area is 147 Å². The minimum absolute atomic E-state index is 0.127. The molecule has 0 saturated heterocycles. The second-order valence-electron chi connectivity index (χ2n) is 5.74. The molecule has 5 heteroatoms. The first-order chi connectivity index (χ1) is 11.7. The monoisotopic (exact) mass is 339 g/mol.